The van der Waals surface area contributed by atoms with Crippen LogP contribution in [0.1, 0.15) is 0 Å². The molecular formula is C39H25N5. The molecule has 0 aliphatic heterocycles. The molecule has 44 heavy (non-hydrogen) atoms. The van der Waals surface area contributed by atoms with E-state index in [1.807, 2.05) is 97.1 Å². The fourth-order valence-electron chi connectivity index (χ4n) is 5.55. The van der Waals surface area contributed by atoms with E-state index in [1.165, 1.54) is 5.39 Å². The fourth-order valence-corrected chi connectivity index (χ4v) is 5.55. The molecule has 0 atom stereocenters. The largest absolute Gasteiger partial charge is 0.246 e. The summed E-state index contributed by atoms with van der Waals surface area (Å²) in [5, 5.41) is 3.40. The van der Waals surface area contributed by atoms with Gasteiger partial charge < -0.3 is 0 Å². The molecule has 0 radical (unpaired) electrons. The molecule has 0 aliphatic rings. The lowest BCUT2D eigenvalue weighted by Gasteiger charge is -2.11. The van der Waals surface area contributed by atoms with Crippen LogP contribution in [0, 0.1) is 0 Å². The second kappa shape index (κ2) is 11.0. The molecule has 3 heterocycles. The van der Waals surface area contributed by atoms with Crippen molar-refractivity contribution in [3.63, 3.8) is 0 Å². The number of nitrogens with zero attached hydrogens (tertiary/aromatic N) is 5. The lowest BCUT2D eigenvalue weighted by Crippen LogP contribution is -2.00. The third-order valence-corrected chi connectivity index (χ3v) is 7.74. The average Bonchev–Trinajstić information content (AvgIpc) is 3.12. The predicted octanol–water partition coefficient (Wildman–Crippen LogP) is 9.30. The van der Waals surface area contributed by atoms with Gasteiger partial charge in [-0.1, -0.05) is 133 Å². The molecular weight excluding hydrogens is 538 g/mol. The fraction of sp³-hybridized carbons (Fsp3) is 0. The third kappa shape index (κ3) is 4.76. The van der Waals surface area contributed by atoms with E-state index in [0.29, 0.717) is 17.5 Å². The Labute approximate surface area is 254 Å². The normalized spacial score (nSPS) is 11.2. The van der Waals surface area contributed by atoms with Crippen molar-refractivity contribution in [2.75, 3.05) is 0 Å². The molecule has 8 rings (SSSR count). The molecule has 0 unspecified atom stereocenters. The Bertz CT molecular complexity index is 2210. The van der Waals surface area contributed by atoms with Crippen molar-refractivity contribution in [3.05, 3.63) is 152 Å². The van der Waals surface area contributed by atoms with Crippen LogP contribution >= 0.6 is 0 Å². The van der Waals surface area contributed by atoms with E-state index < -0.39 is 0 Å². The number of benzene rings is 5. The highest BCUT2D eigenvalue weighted by molar-refractivity contribution is 6.10. The van der Waals surface area contributed by atoms with Crippen LogP contribution in [-0.4, -0.2) is 24.9 Å². The van der Waals surface area contributed by atoms with Gasteiger partial charge in [-0.2, -0.15) is 0 Å². The van der Waals surface area contributed by atoms with Gasteiger partial charge in [0.25, 0.3) is 0 Å². The zero-order valence-corrected chi connectivity index (χ0v) is 23.7. The van der Waals surface area contributed by atoms with Crippen LogP contribution in [0.2, 0.25) is 0 Å². The first-order valence-corrected chi connectivity index (χ1v) is 14.5. The molecule has 0 aliphatic carbocycles. The van der Waals surface area contributed by atoms with Gasteiger partial charge in [-0.05, 0) is 23.6 Å². The van der Waals surface area contributed by atoms with Crippen molar-refractivity contribution < 1.29 is 0 Å². The Hall–Kier alpha value is -6.07. The van der Waals surface area contributed by atoms with Crippen molar-refractivity contribution in [1.29, 1.82) is 0 Å². The highest BCUT2D eigenvalue weighted by Crippen LogP contribution is 2.33. The molecule has 0 spiro atoms. The first-order chi connectivity index (χ1) is 21.8. The number of pyridine rings is 2. The Morgan fingerprint density at radius 1 is 0.273 bits per heavy atom. The Kier molecular flexibility index (Phi) is 6.39. The van der Waals surface area contributed by atoms with Gasteiger partial charge in [0, 0.05) is 33.0 Å². The number of rotatable bonds is 5. The molecule has 0 amide bonds. The van der Waals surface area contributed by atoms with Crippen LogP contribution in [0.15, 0.2) is 152 Å². The molecule has 5 heteroatoms. The molecule has 0 bridgehead atoms. The van der Waals surface area contributed by atoms with Gasteiger partial charge in [-0.3, -0.25) is 0 Å². The lowest BCUT2D eigenvalue weighted by atomic mass is 10.0. The van der Waals surface area contributed by atoms with Crippen molar-refractivity contribution in [1.82, 2.24) is 24.9 Å². The second-order valence-corrected chi connectivity index (χ2v) is 10.5. The SMILES string of the molecule is c1ccc(-c2nc(-c3ccccc3)nc(-c3ccc(-c4cccc(-c5nc6ccccc6c6ccccc56)n4)cc3)n2)cc1. The van der Waals surface area contributed by atoms with E-state index in [0.717, 1.165) is 55.6 Å². The number of hydrogen-bond donors (Lipinski definition) is 0. The maximum atomic E-state index is 5.08. The van der Waals surface area contributed by atoms with E-state index in [9.17, 15) is 0 Å². The first-order valence-electron chi connectivity index (χ1n) is 14.5. The summed E-state index contributed by atoms with van der Waals surface area (Å²) in [5.41, 5.74) is 7.35. The van der Waals surface area contributed by atoms with Crippen LogP contribution in [0.25, 0.3) is 78.5 Å². The molecule has 0 N–H and O–H groups in total. The number of hydrogen-bond acceptors (Lipinski definition) is 5. The van der Waals surface area contributed by atoms with Gasteiger partial charge in [-0.25, -0.2) is 24.9 Å². The van der Waals surface area contributed by atoms with Crippen molar-refractivity contribution in [2.45, 2.75) is 0 Å². The zero-order chi connectivity index (χ0) is 29.3. The van der Waals surface area contributed by atoms with Crippen LogP contribution < -0.4 is 0 Å². The average molecular weight is 564 g/mol. The number of para-hydroxylation sites is 1. The van der Waals surface area contributed by atoms with Gasteiger partial charge >= 0.3 is 0 Å². The Balaban J connectivity index is 1.19. The molecule has 5 aromatic carbocycles. The van der Waals surface area contributed by atoms with Gasteiger partial charge in [-0.15, -0.1) is 0 Å². The van der Waals surface area contributed by atoms with Crippen molar-refractivity contribution >= 4 is 21.7 Å². The third-order valence-electron chi connectivity index (χ3n) is 7.74. The summed E-state index contributed by atoms with van der Waals surface area (Å²) in [6.07, 6.45) is 0. The smallest absolute Gasteiger partial charge is 0.164 e. The second-order valence-electron chi connectivity index (χ2n) is 10.5. The first kappa shape index (κ1) is 25.6. The Morgan fingerprint density at radius 2 is 0.750 bits per heavy atom. The van der Waals surface area contributed by atoms with Crippen molar-refractivity contribution in [3.8, 4) is 56.8 Å². The van der Waals surface area contributed by atoms with Crippen LogP contribution in [0.3, 0.4) is 0 Å². The minimum Gasteiger partial charge on any atom is -0.246 e. The van der Waals surface area contributed by atoms with Gasteiger partial charge in [0.1, 0.15) is 0 Å². The van der Waals surface area contributed by atoms with Gasteiger partial charge in [0.05, 0.1) is 22.6 Å². The summed E-state index contributed by atoms with van der Waals surface area (Å²) in [5.74, 6) is 1.91. The van der Waals surface area contributed by atoms with E-state index in [4.69, 9.17) is 24.9 Å². The quantitative estimate of drug-likeness (QED) is 0.195. The van der Waals surface area contributed by atoms with Gasteiger partial charge in [0.2, 0.25) is 0 Å². The highest BCUT2D eigenvalue weighted by Gasteiger charge is 2.14. The van der Waals surface area contributed by atoms with Gasteiger partial charge in [0.15, 0.2) is 17.5 Å². The van der Waals surface area contributed by atoms with Crippen LogP contribution in [0.4, 0.5) is 0 Å². The molecule has 0 saturated carbocycles. The molecule has 8 aromatic rings. The minimum absolute atomic E-state index is 0.623. The number of aromatic nitrogens is 5. The topological polar surface area (TPSA) is 64.5 Å². The molecule has 0 fully saturated rings. The Morgan fingerprint density at radius 3 is 1.39 bits per heavy atom. The van der Waals surface area contributed by atoms with Crippen molar-refractivity contribution in [2.24, 2.45) is 0 Å². The highest BCUT2D eigenvalue weighted by atomic mass is 15.0. The van der Waals surface area contributed by atoms with Crippen LogP contribution in [0.5, 0.6) is 0 Å². The maximum Gasteiger partial charge on any atom is 0.164 e. The summed E-state index contributed by atoms with van der Waals surface area (Å²) in [7, 11) is 0. The zero-order valence-electron chi connectivity index (χ0n) is 23.7. The number of fused-ring (bicyclic) bond motifs is 3. The van der Waals surface area contributed by atoms with Crippen LogP contribution in [-0.2, 0) is 0 Å². The minimum atomic E-state index is 0.623. The van der Waals surface area contributed by atoms with E-state index in [-0.39, 0.29) is 0 Å². The monoisotopic (exact) mass is 563 g/mol. The summed E-state index contributed by atoms with van der Waals surface area (Å²) in [6.45, 7) is 0. The van der Waals surface area contributed by atoms with E-state index >= 15 is 0 Å². The molecule has 3 aromatic heterocycles. The molecule has 5 nitrogen and oxygen atoms in total. The summed E-state index contributed by atoms with van der Waals surface area (Å²) in [4.78, 5) is 24.7. The van der Waals surface area contributed by atoms with E-state index in [2.05, 4.69) is 54.6 Å². The predicted molar refractivity (Wildman–Crippen MR) is 178 cm³/mol. The summed E-state index contributed by atoms with van der Waals surface area (Å²) in [6, 6.07) is 51.0. The summed E-state index contributed by atoms with van der Waals surface area (Å²) >= 11 is 0. The maximum absolute atomic E-state index is 5.08. The molecule has 206 valence electrons. The molecule has 0 saturated heterocycles. The lowest BCUT2D eigenvalue weighted by molar-refractivity contribution is 1.07. The summed E-state index contributed by atoms with van der Waals surface area (Å²) < 4.78 is 0. The van der Waals surface area contributed by atoms with E-state index in [1.54, 1.807) is 0 Å². The standard InChI is InChI=1S/C39H25N5/c1-3-12-27(13-4-1)37-42-38(28-14-5-2-6-15-28)44-39(43-37)29-24-22-26(23-25-29)33-20-11-21-35(40-33)36-32-18-8-7-16-30(32)31-17-9-10-19-34(31)41-36/h1-25H.